The second-order valence-corrected chi connectivity index (χ2v) is 4.09. The lowest BCUT2D eigenvalue weighted by Gasteiger charge is -2.05. The molecule has 1 fully saturated rings. The Balaban J connectivity index is 2.06. The summed E-state index contributed by atoms with van der Waals surface area (Å²) in [6.45, 7) is 2.17. The van der Waals surface area contributed by atoms with Gasteiger partial charge in [-0.05, 0) is 37.0 Å². The van der Waals surface area contributed by atoms with Crippen molar-refractivity contribution < 1.29 is 18.7 Å². The predicted molar refractivity (Wildman–Crippen MR) is 60.4 cm³/mol. The van der Waals surface area contributed by atoms with Crippen LogP contribution in [0.5, 0.6) is 5.75 Å². The van der Waals surface area contributed by atoms with Gasteiger partial charge in [0.25, 0.3) is 0 Å². The van der Waals surface area contributed by atoms with Crippen LogP contribution in [0.2, 0.25) is 0 Å². The summed E-state index contributed by atoms with van der Waals surface area (Å²) in [4.78, 5) is 11.5. The predicted octanol–water partition coefficient (Wildman–Crippen LogP) is 2.50. The maximum atomic E-state index is 13.5. The second-order valence-electron chi connectivity index (χ2n) is 4.09. The highest BCUT2D eigenvalue weighted by Gasteiger charge is 2.45. The Morgan fingerprint density at radius 2 is 2.29 bits per heavy atom. The van der Waals surface area contributed by atoms with Crippen LogP contribution in [0.1, 0.15) is 24.8 Å². The summed E-state index contributed by atoms with van der Waals surface area (Å²) in [6.07, 6.45) is 0.741. The lowest BCUT2D eigenvalue weighted by molar-refractivity contribution is -0.144. The molecule has 1 saturated carbocycles. The van der Waals surface area contributed by atoms with E-state index >= 15 is 0 Å². The highest BCUT2D eigenvalue weighted by atomic mass is 19.1. The van der Waals surface area contributed by atoms with Gasteiger partial charge < -0.3 is 9.47 Å². The molecule has 4 heteroatoms. The SMILES string of the molecule is CCOC(=O)C1CC1c1ccc(OC)c(F)c1. The number of carbonyl (C=O) groups excluding carboxylic acids is 1. The minimum absolute atomic E-state index is 0.0921. The van der Waals surface area contributed by atoms with Gasteiger partial charge in [-0.1, -0.05) is 6.07 Å². The molecule has 1 aromatic carbocycles. The third-order valence-corrected chi connectivity index (χ3v) is 2.98. The molecule has 0 bridgehead atoms. The number of halogens is 1. The Bertz CT molecular complexity index is 431. The molecule has 1 aromatic rings. The molecular weight excluding hydrogens is 223 g/mol. The van der Waals surface area contributed by atoms with Crippen molar-refractivity contribution in [2.75, 3.05) is 13.7 Å². The molecule has 1 aliphatic rings. The number of hydrogen-bond donors (Lipinski definition) is 0. The molecule has 2 unspecified atom stereocenters. The van der Waals surface area contributed by atoms with E-state index in [0.29, 0.717) is 6.61 Å². The van der Waals surface area contributed by atoms with Crippen LogP contribution in [0, 0.1) is 11.7 Å². The van der Waals surface area contributed by atoms with E-state index in [-0.39, 0.29) is 29.4 Å². The lowest BCUT2D eigenvalue weighted by Crippen LogP contribution is -2.07. The molecule has 0 aromatic heterocycles. The standard InChI is InChI=1S/C13H15FO3/c1-3-17-13(15)10-7-9(10)8-4-5-12(16-2)11(14)6-8/h4-6,9-10H,3,7H2,1-2H3. The zero-order valence-corrected chi connectivity index (χ0v) is 9.90. The van der Waals surface area contributed by atoms with E-state index in [9.17, 15) is 9.18 Å². The van der Waals surface area contributed by atoms with Crippen LogP contribution in [-0.2, 0) is 9.53 Å². The highest BCUT2D eigenvalue weighted by Crippen LogP contribution is 2.48. The van der Waals surface area contributed by atoms with E-state index in [1.54, 1.807) is 19.1 Å². The monoisotopic (exact) mass is 238 g/mol. The van der Waals surface area contributed by atoms with Crippen molar-refractivity contribution in [3.8, 4) is 5.75 Å². The minimum Gasteiger partial charge on any atom is -0.494 e. The number of esters is 1. The number of hydrogen-bond acceptors (Lipinski definition) is 3. The molecule has 2 rings (SSSR count). The molecule has 92 valence electrons. The van der Waals surface area contributed by atoms with Crippen molar-refractivity contribution >= 4 is 5.97 Å². The Labute approximate surface area is 99.5 Å². The lowest BCUT2D eigenvalue weighted by atomic mass is 10.1. The Morgan fingerprint density at radius 3 is 2.88 bits per heavy atom. The first-order chi connectivity index (χ1) is 8.17. The van der Waals surface area contributed by atoms with Crippen LogP contribution < -0.4 is 4.74 Å². The number of carbonyl (C=O) groups is 1. The molecule has 1 aliphatic carbocycles. The fourth-order valence-corrected chi connectivity index (χ4v) is 1.99. The van der Waals surface area contributed by atoms with Gasteiger partial charge in [0.15, 0.2) is 11.6 Å². The molecule has 0 amide bonds. The first-order valence-corrected chi connectivity index (χ1v) is 5.67. The fraction of sp³-hybridized carbons (Fsp3) is 0.462. The van der Waals surface area contributed by atoms with E-state index in [2.05, 4.69) is 0 Å². The summed E-state index contributed by atoms with van der Waals surface area (Å²) in [5.41, 5.74) is 0.835. The zero-order valence-electron chi connectivity index (χ0n) is 9.90. The smallest absolute Gasteiger partial charge is 0.309 e. The number of ether oxygens (including phenoxy) is 2. The van der Waals surface area contributed by atoms with Gasteiger partial charge in [-0.2, -0.15) is 0 Å². The van der Waals surface area contributed by atoms with Crippen LogP contribution >= 0.6 is 0 Å². The van der Waals surface area contributed by atoms with E-state index in [0.717, 1.165) is 12.0 Å². The molecule has 2 atom stereocenters. The van der Waals surface area contributed by atoms with Crippen molar-refractivity contribution in [2.45, 2.75) is 19.3 Å². The maximum absolute atomic E-state index is 13.5. The van der Waals surface area contributed by atoms with Crippen molar-refractivity contribution in [3.05, 3.63) is 29.6 Å². The summed E-state index contributed by atoms with van der Waals surface area (Å²) in [6, 6.07) is 4.82. The summed E-state index contributed by atoms with van der Waals surface area (Å²) < 4.78 is 23.3. The summed E-state index contributed by atoms with van der Waals surface area (Å²) in [7, 11) is 1.43. The van der Waals surface area contributed by atoms with E-state index in [4.69, 9.17) is 9.47 Å². The average molecular weight is 238 g/mol. The van der Waals surface area contributed by atoms with Crippen molar-refractivity contribution in [2.24, 2.45) is 5.92 Å². The van der Waals surface area contributed by atoms with E-state index < -0.39 is 0 Å². The van der Waals surface area contributed by atoms with Gasteiger partial charge in [0, 0.05) is 0 Å². The summed E-state index contributed by atoms with van der Waals surface area (Å²) >= 11 is 0. The van der Waals surface area contributed by atoms with Crippen LogP contribution in [-0.4, -0.2) is 19.7 Å². The topological polar surface area (TPSA) is 35.5 Å². The van der Waals surface area contributed by atoms with Gasteiger partial charge in [0.2, 0.25) is 0 Å². The second kappa shape index (κ2) is 4.73. The van der Waals surface area contributed by atoms with Gasteiger partial charge in [-0.25, -0.2) is 4.39 Å². The first kappa shape index (κ1) is 11.9. The molecule has 0 N–H and O–H groups in total. The molecule has 0 aliphatic heterocycles. The van der Waals surface area contributed by atoms with Crippen LogP contribution in [0.25, 0.3) is 0 Å². The van der Waals surface area contributed by atoms with Gasteiger partial charge in [-0.3, -0.25) is 4.79 Å². The minimum atomic E-state index is -0.389. The van der Waals surface area contributed by atoms with Crippen molar-refractivity contribution in [1.82, 2.24) is 0 Å². The largest absolute Gasteiger partial charge is 0.494 e. The molecule has 0 heterocycles. The van der Waals surface area contributed by atoms with Crippen LogP contribution in [0.15, 0.2) is 18.2 Å². The fourth-order valence-electron chi connectivity index (χ4n) is 1.99. The molecular formula is C13H15FO3. The normalized spacial score (nSPS) is 22.1. The number of rotatable bonds is 4. The zero-order chi connectivity index (χ0) is 12.4. The third kappa shape index (κ3) is 2.40. The van der Waals surface area contributed by atoms with Crippen molar-refractivity contribution in [1.29, 1.82) is 0 Å². The van der Waals surface area contributed by atoms with Crippen molar-refractivity contribution in [3.63, 3.8) is 0 Å². The van der Waals surface area contributed by atoms with Gasteiger partial charge >= 0.3 is 5.97 Å². The number of benzene rings is 1. The van der Waals surface area contributed by atoms with Crippen LogP contribution in [0.3, 0.4) is 0 Å². The highest BCUT2D eigenvalue weighted by molar-refractivity contribution is 5.77. The Kier molecular flexibility index (Phi) is 3.31. The third-order valence-electron chi connectivity index (χ3n) is 2.98. The maximum Gasteiger partial charge on any atom is 0.309 e. The van der Waals surface area contributed by atoms with Crippen LogP contribution in [0.4, 0.5) is 4.39 Å². The van der Waals surface area contributed by atoms with Gasteiger partial charge in [0.05, 0.1) is 19.6 Å². The quantitative estimate of drug-likeness (QED) is 0.756. The summed E-state index contributed by atoms with van der Waals surface area (Å²) in [5, 5.41) is 0. The first-order valence-electron chi connectivity index (χ1n) is 5.67. The van der Waals surface area contributed by atoms with E-state index in [1.165, 1.54) is 13.2 Å². The van der Waals surface area contributed by atoms with E-state index in [1.807, 2.05) is 0 Å². The Hall–Kier alpha value is -1.58. The molecule has 0 spiro atoms. The van der Waals surface area contributed by atoms with Gasteiger partial charge in [0.1, 0.15) is 0 Å². The average Bonchev–Trinajstić information content (AvgIpc) is 3.09. The Morgan fingerprint density at radius 1 is 1.53 bits per heavy atom. The molecule has 3 nitrogen and oxygen atoms in total. The number of methoxy groups -OCH3 is 1. The summed E-state index contributed by atoms with van der Waals surface area (Å²) in [5.74, 6) is -0.368. The van der Waals surface area contributed by atoms with Gasteiger partial charge in [-0.15, -0.1) is 0 Å². The molecule has 0 radical (unpaired) electrons. The molecule has 0 saturated heterocycles. The molecule has 17 heavy (non-hydrogen) atoms.